The van der Waals surface area contributed by atoms with Crippen LogP contribution in [0.5, 0.6) is 0 Å². The fourth-order valence-electron chi connectivity index (χ4n) is 5.80. The van der Waals surface area contributed by atoms with E-state index in [-0.39, 0.29) is 0 Å². The molecule has 0 spiro atoms. The summed E-state index contributed by atoms with van der Waals surface area (Å²) in [7, 11) is 0. The van der Waals surface area contributed by atoms with Crippen LogP contribution in [0, 0.1) is 21.7 Å². The lowest BCUT2D eigenvalue weighted by molar-refractivity contribution is -0.174. The molecule has 2 aliphatic carbocycles. The molecule has 0 aromatic rings. The van der Waals surface area contributed by atoms with Crippen molar-refractivity contribution < 1.29 is 28.7 Å². The van der Waals surface area contributed by atoms with E-state index < -0.39 is 56.6 Å². The van der Waals surface area contributed by atoms with E-state index in [9.17, 15) is 19.2 Å². The lowest BCUT2D eigenvalue weighted by Gasteiger charge is -2.38. The second-order valence-corrected chi connectivity index (χ2v) is 10.1. The predicted molar refractivity (Wildman–Crippen MR) is 93.0 cm³/mol. The highest BCUT2D eigenvalue weighted by molar-refractivity contribution is 6.08. The SMILES string of the molecule is CC12CCC(C(=O)NC(=O)C34CCC(C)(C(=O)O3)C4(C)C)(OC1=O)C2(C)C. The number of fused-ring (bicyclic) bond motifs is 4. The summed E-state index contributed by atoms with van der Waals surface area (Å²) in [5.74, 6) is -2.04. The van der Waals surface area contributed by atoms with Gasteiger partial charge in [-0.1, -0.05) is 27.7 Å². The summed E-state index contributed by atoms with van der Waals surface area (Å²) in [4.78, 5) is 51.1. The second-order valence-electron chi connectivity index (χ2n) is 10.1. The van der Waals surface area contributed by atoms with E-state index in [0.29, 0.717) is 25.7 Å². The summed E-state index contributed by atoms with van der Waals surface area (Å²) in [5.41, 5.74) is -5.75. The molecule has 148 valence electrons. The third kappa shape index (κ3) is 1.58. The van der Waals surface area contributed by atoms with E-state index in [1.165, 1.54) is 0 Å². The Kier molecular flexibility index (Phi) is 3.11. The molecule has 4 rings (SSSR count). The van der Waals surface area contributed by atoms with Gasteiger partial charge in [0.25, 0.3) is 11.8 Å². The Morgan fingerprint density at radius 1 is 0.704 bits per heavy atom. The first-order valence-electron chi connectivity index (χ1n) is 9.55. The topological polar surface area (TPSA) is 98.8 Å². The van der Waals surface area contributed by atoms with Crippen molar-refractivity contribution in [3.05, 3.63) is 0 Å². The van der Waals surface area contributed by atoms with Gasteiger partial charge >= 0.3 is 11.9 Å². The Balaban J connectivity index is 1.65. The molecule has 0 aromatic carbocycles. The molecule has 2 amide bonds. The van der Waals surface area contributed by atoms with Gasteiger partial charge in [0.2, 0.25) is 0 Å². The zero-order valence-electron chi connectivity index (χ0n) is 16.8. The van der Waals surface area contributed by atoms with E-state index in [1.807, 2.05) is 41.5 Å². The molecule has 1 N–H and O–H groups in total. The maximum absolute atomic E-state index is 13.2. The average molecular weight is 377 g/mol. The molecule has 2 aliphatic heterocycles. The predicted octanol–water partition coefficient (Wildman–Crippen LogP) is 1.87. The summed E-state index contributed by atoms with van der Waals surface area (Å²) in [6.07, 6.45) is 1.80. The Morgan fingerprint density at radius 2 is 1.04 bits per heavy atom. The van der Waals surface area contributed by atoms with Crippen LogP contribution in [0.4, 0.5) is 0 Å². The third-order valence-corrected chi connectivity index (χ3v) is 9.13. The summed E-state index contributed by atoms with van der Waals surface area (Å²) in [6.45, 7) is 10.9. The van der Waals surface area contributed by atoms with Crippen molar-refractivity contribution in [3.63, 3.8) is 0 Å². The van der Waals surface area contributed by atoms with Gasteiger partial charge < -0.3 is 9.47 Å². The molecule has 27 heavy (non-hydrogen) atoms. The van der Waals surface area contributed by atoms with Gasteiger partial charge in [0.15, 0.2) is 11.2 Å². The molecule has 4 bridgehead atoms. The van der Waals surface area contributed by atoms with Crippen LogP contribution < -0.4 is 5.32 Å². The van der Waals surface area contributed by atoms with Gasteiger partial charge in [-0.05, 0) is 39.5 Å². The van der Waals surface area contributed by atoms with Crippen LogP contribution in [-0.2, 0) is 28.7 Å². The van der Waals surface area contributed by atoms with Crippen LogP contribution in [0.3, 0.4) is 0 Å². The Labute approximate surface area is 158 Å². The average Bonchev–Trinajstić information content (AvgIpc) is 3.03. The van der Waals surface area contributed by atoms with Crippen LogP contribution in [0.1, 0.15) is 67.2 Å². The maximum Gasteiger partial charge on any atom is 0.313 e. The second kappa shape index (κ2) is 4.55. The summed E-state index contributed by atoms with van der Waals surface area (Å²) < 4.78 is 11.1. The molecule has 4 fully saturated rings. The van der Waals surface area contributed by atoms with Crippen molar-refractivity contribution in [1.82, 2.24) is 5.32 Å². The number of carbonyl (C=O) groups is 4. The van der Waals surface area contributed by atoms with Gasteiger partial charge in [0.1, 0.15) is 0 Å². The fourth-order valence-corrected chi connectivity index (χ4v) is 5.80. The number of esters is 2. The fraction of sp³-hybridized carbons (Fsp3) is 0.800. The molecule has 0 aromatic heterocycles. The van der Waals surface area contributed by atoms with Gasteiger partial charge in [-0.15, -0.1) is 0 Å². The first-order valence-corrected chi connectivity index (χ1v) is 9.55. The van der Waals surface area contributed by atoms with Crippen molar-refractivity contribution in [2.24, 2.45) is 21.7 Å². The minimum absolute atomic E-state index is 0.370. The molecular formula is C20H27NO6. The summed E-state index contributed by atoms with van der Waals surface area (Å²) in [6, 6.07) is 0. The number of hydrogen-bond acceptors (Lipinski definition) is 6. The van der Waals surface area contributed by atoms with Gasteiger partial charge in [-0.3, -0.25) is 24.5 Å². The van der Waals surface area contributed by atoms with Gasteiger partial charge in [0, 0.05) is 10.8 Å². The van der Waals surface area contributed by atoms with Crippen molar-refractivity contribution in [2.45, 2.75) is 78.4 Å². The molecule has 2 saturated carbocycles. The highest BCUT2D eigenvalue weighted by Gasteiger charge is 2.78. The monoisotopic (exact) mass is 377 g/mol. The third-order valence-electron chi connectivity index (χ3n) is 9.13. The number of hydrogen-bond donors (Lipinski definition) is 1. The molecule has 4 aliphatic rings. The standard InChI is InChI=1S/C20H27NO6/c1-15(2)17(5)7-9-19(15,26-13(17)24)11(22)21-12(23)20-10-8-18(6,14(25)27-20)16(20,3)4/h7-10H2,1-6H3,(H,21,22,23). The molecular weight excluding hydrogens is 350 g/mol. The van der Waals surface area contributed by atoms with E-state index in [0.717, 1.165) is 0 Å². The van der Waals surface area contributed by atoms with Crippen LogP contribution in [0.2, 0.25) is 0 Å². The van der Waals surface area contributed by atoms with Gasteiger partial charge in [-0.25, -0.2) is 0 Å². The highest BCUT2D eigenvalue weighted by Crippen LogP contribution is 2.67. The number of imide groups is 1. The van der Waals surface area contributed by atoms with Crippen molar-refractivity contribution in [2.75, 3.05) is 0 Å². The lowest BCUT2D eigenvalue weighted by Crippen LogP contribution is -2.61. The number of nitrogens with one attached hydrogen (secondary N) is 1. The zero-order chi connectivity index (χ0) is 20.3. The Morgan fingerprint density at radius 3 is 1.26 bits per heavy atom. The largest absolute Gasteiger partial charge is 0.448 e. The number of ether oxygens (including phenoxy) is 2. The van der Waals surface area contributed by atoms with Crippen molar-refractivity contribution >= 4 is 23.8 Å². The molecule has 0 radical (unpaired) electrons. The van der Waals surface area contributed by atoms with Crippen LogP contribution in [0.25, 0.3) is 0 Å². The van der Waals surface area contributed by atoms with E-state index in [1.54, 1.807) is 0 Å². The number of rotatable bonds is 2. The minimum Gasteiger partial charge on any atom is -0.448 e. The normalized spacial score (nSPS) is 45.6. The molecule has 2 saturated heterocycles. The molecule has 7 heteroatoms. The van der Waals surface area contributed by atoms with Crippen molar-refractivity contribution in [3.8, 4) is 0 Å². The number of carbonyl (C=O) groups excluding carboxylic acids is 4. The van der Waals surface area contributed by atoms with Gasteiger partial charge in [-0.2, -0.15) is 0 Å². The van der Waals surface area contributed by atoms with Crippen molar-refractivity contribution in [1.29, 1.82) is 0 Å². The Hall–Kier alpha value is -1.92. The quantitative estimate of drug-likeness (QED) is 0.583. The summed E-state index contributed by atoms with van der Waals surface area (Å²) >= 11 is 0. The van der Waals surface area contributed by atoms with Crippen LogP contribution >= 0.6 is 0 Å². The van der Waals surface area contributed by atoms with Crippen LogP contribution in [-0.4, -0.2) is 35.0 Å². The summed E-state index contributed by atoms with van der Waals surface area (Å²) in [5, 5.41) is 2.46. The van der Waals surface area contributed by atoms with Crippen LogP contribution in [0.15, 0.2) is 0 Å². The molecule has 2 heterocycles. The zero-order valence-corrected chi connectivity index (χ0v) is 16.8. The van der Waals surface area contributed by atoms with E-state index >= 15 is 0 Å². The number of amides is 2. The van der Waals surface area contributed by atoms with E-state index in [2.05, 4.69) is 5.32 Å². The molecule has 4 atom stereocenters. The lowest BCUT2D eigenvalue weighted by atomic mass is 9.65. The Bertz CT molecular complexity index is 749. The highest BCUT2D eigenvalue weighted by atomic mass is 16.6. The van der Waals surface area contributed by atoms with Gasteiger partial charge in [0.05, 0.1) is 10.8 Å². The minimum atomic E-state index is -1.38. The maximum atomic E-state index is 13.2. The molecule has 4 unspecified atom stereocenters. The first kappa shape index (κ1) is 18.4. The molecule has 7 nitrogen and oxygen atoms in total. The first-order chi connectivity index (χ1) is 12.2. The van der Waals surface area contributed by atoms with E-state index in [4.69, 9.17) is 9.47 Å². The smallest absolute Gasteiger partial charge is 0.313 e.